The van der Waals surface area contributed by atoms with Crippen molar-refractivity contribution < 1.29 is 14.7 Å². The second-order valence-corrected chi connectivity index (χ2v) is 9.54. The summed E-state index contributed by atoms with van der Waals surface area (Å²) in [6.45, 7) is 3.42. The highest BCUT2D eigenvalue weighted by atomic mass is 32.1. The molecule has 170 valence electrons. The van der Waals surface area contributed by atoms with Crippen LogP contribution in [0.2, 0.25) is 0 Å². The first kappa shape index (κ1) is 21.7. The summed E-state index contributed by atoms with van der Waals surface area (Å²) in [7, 11) is 0. The number of rotatable bonds is 4. The average Bonchev–Trinajstić information content (AvgIpc) is 3.33. The monoisotopic (exact) mass is 461 g/mol. The molecule has 1 N–H and O–H groups in total. The minimum atomic E-state index is -0.163. The summed E-state index contributed by atoms with van der Waals surface area (Å²) < 4.78 is 0. The molecule has 2 aliphatic heterocycles. The fourth-order valence-corrected chi connectivity index (χ4v) is 5.70. The smallest absolute Gasteiger partial charge is 0.257 e. The van der Waals surface area contributed by atoms with Crippen molar-refractivity contribution in [2.45, 2.75) is 12.5 Å². The fourth-order valence-electron chi connectivity index (χ4n) is 4.80. The van der Waals surface area contributed by atoms with Gasteiger partial charge in [-0.05, 0) is 41.1 Å². The molecule has 0 spiro atoms. The molecular formula is C26H27N3O3S. The Labute approximate surface area is 197 Å². The minimum absolute atomic E-state index is 0.00459. The Bertz CT molecular complexity index is 1140. The third-order valence-electron chi connectivity index (χ3n) is 6.55. The lowest BCUT2D eigenvalue weighted by atomic mass is 9.93. The number of piperazine rings is 1. The van der Waals surface area contributed by atoms with Crippen LogP contribution in [0.5, 0.6) is 5.75 Å². The maximum absolute atomic E-state index is 13.4. The number of fused-ring (bicyclic) bond motifs is 1. The molecule has 1 fully saturated rings. The molecule has 5 rings (SSSR count). The second-order valence-electron chi connectivity index (χ2n) is 8.53. The van der Waals surface area contributed by atoms with E-state index in [2.05, 4.69) is 28.5 Å². The predicted molar refractivity (Wildman–Crippen MR) is 128 cm³/mol. The Morgan fingerprint density at radius 3 is 2.39 bits per heavy atom. The molecule has 2 aromatic carbocycles. The van der Waals surface area contributed by atoms with Gasteiger partial charge in [0, 0.05) is 37.6 Å². The van der Waals surface area contributed by atoms with Gasteiger partial charge in [0.15, 0.2) is 0 Å². The number of thiophene rings is 1. The number of para-hydroxylation sites is 1. The van der Waals surface area contributed by atoms with Crippen LogP contribution in [-0.4, -0.2) is 70.9 Å². The normalized spacial score (nSPS) is 18.7. The van der Waals surface area contributed by atoms with Gasteiger partial charge in [-0.15, -0.1) is 11.3 Å². The Morgan fingerprint density at radius 1 is 0.909 bits per heavy atom. The first-order valence-electron chi connectivity index (χ1n) is 11.3. The van der Waals surface area contributed by atoms with E-state index >= 15 is 0 Å². The van der Waals surface area contributed by atoms with Crippen molar-refractivity contribution in [2.75, 3.05) is 39.3 Å². The van der Waals surface area contributed by atoms with Gasteiger partial charge in [-0.1, -0.05) is 42.5 Å². The first-order chi connectivity index (χ1) is 16.1. The summed E-state index contributed by atoms with van der Waals surface area (Å²) in [5.74, 6) is -0.0321. The van der Waals surface area contributed by atoms with E-state index in [4.69, 9.17) is 0 Å². The van der Waals surface area contributed by atoms with Gasteiger partial charge in [0.2, 0.25) is 5.91 Å². The second kappa shape index (κ2) is 9.37. The lowest BCUT2D eigenvalue weighted by Gasteiger charge is -2.39. The van der Waals surface area contributed by atoms with Crippen molar-refractivity contribution in [3.63, 3.8) is 0 Å². The number of amides is 2. The highest BCUT2D eigenvalue weighted by Gasteiger charge is 2.34. The number of aromatic hydroxyl groups is 1. The maximum atomic E-state index is 13.4. The molecule has 0 radical (unpaired) electrons. The van der Waals surface area contributed by atoms with E-state index in [1.165, 1.54) is 16.5 Å². The molecule has 7 heteroatoms. The number of carbonyl (C=O) groups excluding carboxylic acids is 2. The third kappa shape index (κ3) is 4.38. The van der Waals surface area contributed by atoms with Gasteiger partial charge in [0.25, 0.3) is 5.91 Å². The molecule has 1 unspecified atom stereocenters. The predicted octanol–water partition coefficient (Wildman–Crippen LogP) is 3.39. The highest BCUT2D eigenvalue weighted by Crippen LogP contribution is 2.37. The summed E-state index contributed by atoms with van der Waals surface area (Å²) in [6.07, 6.45) is 0.894. The van der Waals surface area contributed by atoms with Crippen molar-refractivity contribution in [3.05, 3.63) is 87.6 Å². The van der Waals surface area contributed by atoms with E-state index in [0.29, 0.717) is 38.3 Å². The van der Waals surface area contributed by atoms with Crippen LogP contribution in [0.4, 0.5) is 0 Å². The molecular weight excluding hydrogens is 434 g/mol. The number of benzene rings is 2. The van der Waals surface area contributed by atoms with Gasteiger partial charge >= 0.3 is 0 Å². The average molecular weight is 462 g/mol. The molecule has 1 saturated heterocycles. The van der Waals surface area contributed by atoms with Gasteiger partial charge in [-0.3, -0.25) is 14.5 Å². The fraction of sp³-hybridized carbons (Fsp3) is 0.308. The molecule has 1 atom stereocenters. The SMILES string of the molecule is O=C(c1ccccc1O)N1CCN(CC(=O)N2CCc3sccc3C2c2ccccc2)CC1. The molecule has 6 nitrogen and oxygen atoms in total. The van der Waals surface area contributed by atoms with Crippen LogP contribution in [0.1, 0.15) is 32.4 Å². The van der Waals surface area contributed by atoms with Gasteiger partial charge in [0.05, 0.1) is 18.2 Å². The summed E-state index contributed by atoms with van der Waals surface area (Å²) >= 11 is 1.77. The van der Waals surface area contributed by atoms with Crippen LogP contribution in [0.3, 0.4) is 0 Å². The van der Waals surface area contributed by atoms with Crippen LogP contribution < -0.4 is 0 Å². The van der Waals surface area contributed by atoms with E-state index in [-0.39, 0.29) is 23.6 Å². The lowest BCUT2D eigenvalue weighted by molar-refractivity contribution is -0.134. The number of hydrogen-bond donors (Lipinski definition) is 1. The number of carbonyl (C=O) groups is 2. The van der Waals surface area contributed by atoms with Crippen LogP contribution in [-0.2, 0) is 11.2 Å². The quantitative estimate of drug-likeness (QED) is 0.647. The van der Waals surface area contributed by atoms with E-state index < -0.39 is 0 Å². The molecule has 0 bridgehead atoms. The summed E-state index contributed by atoms with van der Waals surface area (Å²) in [5, 5.41) is 12.1. The van der Waals surface area contributed by atoms with Crippen molar-refractivity contribution in [3.8, 4) is 5.75 Å². The van der Waals surface area contributed by atoms with E-state index in [9.17, 15) is 14.7 Å². The molecule has 0 aliphatic carbocycles. The molecule has 3 aromatic rings. The lowest BCUT2D eigenvalue weighted by Crippen LogP contribution is -2.52. The van der Waals surface area contributed by atoms with Crippen molar-refractivity contribution in [1.82, 2.24) is 14.7 Å². The minimum Gasteiger partial charge on any atom is -0.507 e. The standard InChI is InChI=1S/C26H27N3O3S/c30-22-9-5-4-8-20(22)26(32)28-15-13-27(14-16-28)18-24(31)29-12-10-23-21(11-17-33-23)25(29)19-6-2-1-3-7-19/h1-9,11,17,25,30H,10,12-16,18H2. The molecule has 33 heavy (non-hydrogen) atoms. The molecule has 2 aliphatic rings. The van der Waals surface area contributed by atoms with Gasteiger partial charge in [0.1, 0.15) is 5.75 Å². The van der Waals surface area contributed by atoms with E-state index in [0.717, 1.165) is 18.5 Å². The van der Waals surface area contributed by atoms with Crippen LogP contribution >= 0.6 is 11.3 Å². The molecule has 0 saturated carbocycles. The first-order valence-corrected chi connectivity index (χ1v) is 12.2. The van der Waals surface area contributed by atoms with E-state index in [1.807, 2.05) is 23.1 Å². The Morgan fingerprint density at radius 2 is 1.64 bits per heavy atom. The largest absolute Gasteiger partial charge is 0.507 e. The molecule has 3 heterocycles. The number of phenols is 1. The van der Waals surface area contributed by atoms with Crippen LogP contribution in [0.15, 0.2) is 66.0 Å². The zero-order chi connectivity index (χ0) is 22.8. The molecule has 1 aromatic heterocycles. The Kier molecular flexibility index (Phi) is 6.15. The van der Waals surface area contributed by atoms with E-state index in [1.54, 1.807) is 34.4 Å². The number of phenolic OH excluding ortho intramolecular Hbond substituents is 1. The van der Waals surface area contributed by atoms with Gasteiger partial charge in [-0.2, -0.15) is 0 Å². The van der Waals surface area contributed by atoms with Crippen LogP contribution in [0, 0.1) is 0 Å². The number of nitrogens with zero attached hydrogens (tertiary/aromatic N) is 3. The zero-order valence-electron chi connectivity index (χ0n) is 18.4. The zero-order valence-corrected chi connectivity index (χ0v) is 19.2. The van der Waals surface area contributed by atoms with Gasteiger partial charge < -0.3 is 14.9 Å². The third-order valence-corrected chi connectivity index (χ3v) is 7.55. The number of hydrogen-bond acceptors (Lipinski definition) is 5. The van der Waals surface area contributed by atoms with Crippen LogP contribution in [0.25, 0.3) is 0 Å². The van der Waals surface area contributed by atoms with Crippen molar-refractivity contribution >= 4 is 23.2 Å². The Balaban J connectivity index is 1.25. The Hall–Kier alpha value is -3.16. The molecule has 2 amide bonds. The van der Waals surface area contributed by atoms with Gasteiger partial charge in [-0.25, -0.2) is 0 Å². The topological polar surface area (TPSA) is 64.1 Å². The summed E-state index contributed by atoms with van der Waals surface area (Å²) in [5.41, 5.74) is 2.71. The summed E-state index contributed by atoms with van der Waals surface area (Å²) in [6, 6.07) is 19.0. The highest BCUT2D eigenvalue weighted by molar-refractivity contribution is 7.10. The maximum Gasteiger partial charge on any atom is 0.257 e. The summed E-state index contributed by atoms with van der Waals surface area (Å²) in [4.78, 5) is 33.5. The van der Waals surface area contributed by atoms with Crippen molar-refractivity contribution in [2.24, 2.45) is 0 Å². The van der Waals surface area contributed by atoms with Crippen molar-refractivity contribution in [1.29, 1.82) is 0 Å².